The van der Waals surface area contributed by atoms with E-state index in [1.807, 2.05) is 13.0 Å². The standard InChI is InChI=1S/C13H17N3O2S/c1-10-3-4-12(11(2)9-10)19(17,18)16-6-5-13-14-7-8-15-13/h3-4,7-9,16H,5-6H2,1-2H3,(H,14,15). The van der Waals surface area contributed by atoms with Crippen molar-refractivity contribution in [3.8, 4) is 0 Å². The van der Waals surface area contributed by atoms with Gasteiger partial charge in [0.05, 0.1) is 4.90 Å². The van der Waals surface area contributed by atoms with E-state index < -0.39 is 10.0 Å². The first kappa shape index (κ1) is 13.8. The van der Waals surface area contributed by atoms with Crippen LogP contribution in [0.4, 0.5) is 0 Å². The third-order valence-corrected chi connectivity index (χ3v) is 4.45. The van der Waals surface area contributed by atoms with Gasteiger partial charge in [0.2, 0.25) is 10.0 Å². The van der Waals surface area contributed by atoms with Gasteiger partial charge in [-0.1, -0.05) is 17.7 Å². The first-order chi connectivity index (χ1) is 8.99. The van der Waals surface area contributed by atoms with Crippen molar-refractivity contribution in [3.63, 3.8) is 0 Å². The van der Waals surface area contributed by atoms with Crippen molar-refractivity contribution >= 4 is 10.0 Å². The highest BCUT2D eigenvalue weighted by Gasteiger charge is 2.16. The zero-order valence-electron chi connectivity index (χ0n) is 11.0. The predicted molar refractivity (Wildman–Crippen MR) is 73.4 cm³/mol. The molecule has 19 heavy (non-hydrogen) atoms. The first-order valence-electron chi connectivity index (χ1n) is 6.04. The zero-order valence-corrected chi connectivity index (χ0v) is 11.8. The molecule has 0 unspecified atom stereocenters. The molecular weight excluding hydrogens is 262 g/mol. The predicted octanol–water partition coefficient (Wildman–Crippen LogP) is 1.55. The number of rotatable bonds is 5. The van der Waals surface area contributed by atoms with Gasteiger partial charge in [0.25, 0.3) is 0 Å². The number of hydrogen-bond acceptors (Lipinski definition) is 3. The van der Waals surface area contributed by atoms with Gasteiger partial charge in [-0.25, -0.2) is 18.1 Å². The summed E-state index contributed by atoms with van der Waals surface area (Å²) < 4.78 is 26.9. The van der Waals surface area contributed by atoms with Crippen LogP contribution in [0.15, 0.2) is 35.5 Å². The maximum atomic E-state index is 12.2. The van der Waals surface area contributed by atoms with Gasteiger partial charge in [-0.3, -0.25) is 0 Å². The van der Waals surface area contributed by atoms with Crippen LogP contribution in [0, 0.1) is 13.8 Å². The highest BCUT2D eigenvalue weighted by molar-refractivity contribution is 7.89. The maximum Gasteiger partial charge on any atom is 0.240 e. The number of aryl methyl sites for hydroxylation is 2. The Bertz CT molecular complexity index is 649. The molecule has 0 aliphatic rings. The summed E-state index contributed by atoms with van der Waals surface area (Å²) in [6.07, 6.45) is 3.90. The molecule has 5 nitrogen and oxygen atoms in total. The maximum absolute atomic E-state index is 12.2. The average Bonchev–Trinajstić information content (AvgIpc) is 2.81. The fourth-order valence-electron chi connectivity index (χ4n) is 1.92. The lowest BCUT2D eigenvalue weighted by Crippen LogP contribution is -2.26. The van der Waals surface area contributed by atoms with Crippen molar-refractivity contribution < 1.29 is 8.42 Å². The Labute approximate surface area is 113 Å². The molecule has 0 fully saturated rings. The third-order valence-electron chi connectivity index (χ3n) is 2.83. The zero-order chi connectivity index (χ0) is 13.9. The minimum absolute atomic E-state index is 0.323. The van der Waals surface area contributed by atoms with Crippen molar-refractivity contribution in [1.29, 1.82) is 0 Å². The quantitative estimate of drug-likeness (QED) is 0.872. The minimum Gasteiger partial charge on any atom is -0.349 e. The number of nitrogens with zero attached hydrogens (tertiary/aromatic N) is 1. The second kappa shape index (κ2) is 5.54. The highest BCUT2D eigenvalue weighted by atomic mass is 32.2. The summed E-state index contributed by atoms with van der Waals surface area (Å²) in [5.74, 6) is 0.767. The fraction of sp³-hybridized carbons (Fsp3) is 0.308. The highest BCUT2D eigenvalue weighted by Crippen LogP contribution is 2.16. The van der Waals surface area contributed by atoms with Gasteiger partial charge in [0.15, 0.2) is 0 Å². The molecule has 0 aliphatic heterocycles. The van der Waals surface area contributed by atoms with Gasteiger partial charge in [-0.15, -0.1) is 0 Å². The van der Waals surface area contributed by atoms with E-state index in [0.29, 0.717) is 17.9 Å². The summed E-state index contributed by atoms with van der Waals surface area (Å²) in [6, 6.07) is 5.30. The number of imidazole rings is 1. The van der Waals surface area contributed by atoms with E-state index in [2.05, 4.69) is 14.7 Å². The van der Waals surface area contributed by atoms with E-state index in [0.717, 1.165) is 17.0 Å². The summed E-state index contributed by atoms with van der Waals surface area (Å²) in [4.78, 5) is 7.31. The number of hydrogen-bond donors (Lipinski definition) is 2. The molecule has 1 heterocycles. The van der Waals surface area contributed by atoms with E-state index in [4.69, 9.17) is 0 Å². The van der Waals surface area contributed by atoms with Crippen LogP contribution in [0.1, 0.15) is 17.0 Å². The number of aromatic amines is 1. The molecule has 2 aromatic rings. The second-order valence-electron chi connectivity index (χ2n) is 4.45. The summed E-state index contributed by atoms with van der Waals surface area (Å²) in [7, 11) is -3.45. The Kier molecular flexibility index (Phi) is 4.01. The molecule has 2 rings (SSSR count). The molecule has 1 aromatic heterocycles. The van der Waals surface area contributed by atoms with Gasteiger partial charge in [0, 0.05) is 25.4 Å². The van der Waals surface area contributed by atoms with Crippen molar-refractivity contribution in [2.45, 2.75) is 25.2 Å². The molecule has 0 saturated heterocycles. The average molecular weight is 279 g/mol. The lowest BCUT2D eigenvalue weighted by molar-refractivity contribution is 0.580. The van der Waals surface area contributed by atoms with Crippen molar-refractivity contribution in [1.82, 2.24) is 14.7 Å². The van der Waals surface area contributed by atoms with E-state index in [1.165, 1.54) is 0 Å². The monoisotopic (exact) mass is 279 g/mol. The summed E-state index contributed by atoms with van der Waals surface area (Å²) in [6.45, 7) is 4.06. The van der Waals surface area contributed by atoms with Gasteiger partial charge in [-0.05, 0) is 25.5 Å². The van der Waals surface area contributed by atoms with Crippen molar-refractivity contribution in [3.05, 3.63) is 47.5 Å². The minimum atomic E-state index is -3.45. The molecule has 1 aromatic carbocycles. The lowest BCUT2D eigenvalue weighted by atomic mass is 10.2. The topological polar surface area (TPSA) is 74.8 Å². The Morgan fingerprint density at radius 2 is 2.11 bits per heavy atom. The number of aromatic nitrogens is 2. The van der Waals surface area contributed by atoms with Gasteiger partial charge in [0.1, 0.15) is 5.82 Å². The van der Waals surface area contributed by atoms with Gasteiger partial charge in [-0.2, -0.15) is 0 Å². The van der Waals surface area contributed by atoms with Crippen molar-refractivity contribution in [2.75, 3.05) is 6.54 Å². The normalized spacial score (nSPS) is 11.7. The molecule has 102 valence electrons. The van der Waals surface area contributed by atoms with E-state index in [-0.39, 0.29) is 0 Å². The van der Waals surface area contributed by atoms with Crippen LogP contribution < -0.4 is 4.72 Å². The largest absolute Gasteiger partial charge is 0.349 e. The number of H-pyrrole nitrogens is 1. The van der Waals surface area contributed by atoms with E-state index >= 15 is 0 Å². The Morgan fingerprint density at radius 1 is 1.32 bits per heavy atom. The Balaban J connectivity index is 2.05. The molecule has 0 aliphatic carbocycles. The molecule has 0 saturated carbocycles. The van der Waals surface area contributed by atoms with Gasteiger partial charge >= 0.3 is 0 Å². The van der Waals surface area contributed by atoms with Crippen LogP contribution in [0.2, 0.25) is 0 Å². The van der Waals surface area contributed by atoms with Crippen LogP contribution in [0.25, 0.3) is 0 Å². The molecule has 0 amide bonds. The smallest absolute Gasteiger partial charge is 0.240 e. The van der Waals surface area contributed by atoms with Crippen molar-refractivity contribution in [2.24, 2.45) is 0 Å². The van der Waals surface area contributed by atoms with Crippen LogP contribution in [-0.2, 0) is 16.4 Å². The number of benzene rings is 1. The fourth-order valence-corrected chi connectivity index (χ4v) is 3.17. The van der Waals surface area contributed by atoms with Crippen LogP contribution >= 0.6 is 0 Å². The molecule has 0 atom stereocenters. The number of sulfonamides is 1. The summed E-state index contributed by atoms with van der Waals surface area (Å²) in [5, 5.41) is 0. The molecule has 2 N–H and O–H groups in total. The molecule has 0 spiro atoms. The number of nitrogens with one attached hydrogen (secondary N) is 2. The van der Waals surface area contributed by atoms with E-state index in [1.54, 1.807) is 31.5 Å². The molecule has 0 bridgehead atoms. The second-order valence-corrected chi connectivity index (χ2v) is 6.19. The summed E-state index contributed by atoms with van der Waals surface area (Å²) >= 11 is 0. The summed E-state index contributed by atoms with van der Waals surface area (Å²) in [5.41, 5.74) is 1.80. The van der Waals surface area contributed by atoms with Crippen LogP contribution in [0.3, 0.4) is 0 Å². The SMILES string of the molecule is Cc1ccc(S(=O)(=O)NCCc2ncc[nH]2)c(C)c1. The van der Waals surface area contributed by atoms with Gasteiger partial charge < -0.3 is 4.98 Å². The van der Waals surface area contributed by atoms with E-state index in [9.17, 15) is 8.42 Å². The third kappa shape index (κ3) is 3.42. The molecule has 6 heteroatoms. The van der Waals surface area contributed by atoms with Crippen LogP contribution in [0.5, 0.6) is 0 Å². The lowest BCUT2D eigenvalue weighted by Gasteiger charge is -2.09. The van der Waals surface area contributed by atoms with Crippen LogP contribution in [-0.4, -0.2) is 24.9 Å². The molecular formula is C13H17N3O2S. The Hall–Kier alpha value is -1.66. The Morgan fingerprint density at radius 3 is 2.74 bits per heavy atom. The molecule has 0 radical (unpaired) electrons. The first-order valence-corrected chi connectivity index (χ1v) is 7.52.